The van der Waals surface area contributed by atoms with E-state index in [1.54, 1.807) is 23.6 Å². The Kier molecular flexibility index (Phi) is 12.2. The molecular formula is C26H43N3O7. The van der Waals surface area contributed by atoms with Crippen molar-refractivity contribution in [1.29, 1.82) is 0 Å². The molecule has 0 aromatic carbocycles. The molecule has 10 nitrogen and oxygen atoms in total. The Morgan fingerprint density at radius 2 is 1.81 bits per heavy atom. The second-order valence-corrected chi connectivity index (χ2v) is 10.1. The van der Waals surface area contributed by atoms with Crippen LogP contribution in [-0.2, 0) is 23.9 Å². The number of alkyl carbamates (subject to hydrolysis) is 1. The minimum absolute atomic E-state index is 0.0205. The van der Waals surface area contributed by atoms with E-state index in [1.807, 2.05) is 6.08 Å². The molecule has 2 aliphatic rings. The number of carbonyl (C=O) groups is 4. The maximum atomic E-state index is 12.7. The Bertz CT molecular complexity index is 773. The van der Waals surface area contributed by atoms with Crippen LogP contribution in [0.4, 0.5) is 4.79 Å². The van der Waals surface area contributed by atoms with Gasteiger partial charge < -0.3 is 24.8 Å². The van der Waals surface area contributed by atoms with Crippen LogP contribution in [0.1, 0.15) is 52.9 Å². The summed E-state index contributed by atoms with van der Waals surface area (Å²) in [6.45, 7) is 10.8. The number of esters is 1. The van der Waals surface area contributed by atoms with Gasteiger partial charge in [0, 0.05) is 32.6 Å². The van der Waals surface area contributed by atoms with E-state index >= 15 is 0 Å². The maximum Gasteiger partial charge on any atom is 0.407 e. The molecule has 2 N–H and O–H groups in total. The molecule has 1 saturated carbocycles. The summed E-state index contributed by atoms with van der Waals surface area (Å²) >= 11 is 0. The molecule has 1 saturated heterocycles. The van der Waals surface area contributed by atoms with Crippen molar-refractivity contribution in [3.05, 3.63) is 12.7 Å². The van der Waals surface area contributed by atoms with E-state index in [-0.39, 0.29) is 50.5 Å². The van der Waals surface area contributed by atoms with Crippen molar-refractivity contribution in [3.63, 3.8) is 0 Å². The normalized spacial score (nSPS) is 23.7. The first-order valence-corrected chi connectivity index (χ1v) is 13.1. The zero-order valence-corrected chi connectivity index (χ0v) is 21.9. The number of rotatable bonds is 15. The van der Waals surface area contributed by atoms with Crippen molar-refractivity contribution >= 4 is 23.9 Å². The summed E-state index contributed by atoms with van der Waals surface area (Å²) in [5, 5.41) is 11.8. The molecule has 2 amide bonds. The molecule has 2 rings (SSSR count). The lowest BCUT2D eigenvalue weighted by molar-refractivity contribution is -0.151. The second kappa shape index (κ2) is 14.8. The van der Waals surface area contributed by atoms with Crippen LogP contribution in [0.5, 0.6) is 0 Å². The number of nitrogens with one attached hydrogen (secondary N) is 1. The Morgan fingerprint density at radius 3 is 2.44 bits per heavy atom. The minimum Gasteiger partial charge on any atom is -0.480 e. The average Bonchev–Trinajstić information content (AvgIpc) is 3.50. The van der Waals surface area contributed by atoms with Gasteiger partial charge in [-0.2, -0.15) is 0 Å². The van der Waals surface area contributed by atoms with Gasteiger partial charge in [-0.05, 0) is 30.6 Å². The third kappa shape index (κ3) is 9.44. The molecular weight excluding hydrogens is 466 g/mol. The fraction of sp³-hybridized carbons (Fsp3) is 0.769. The van der Waals surface area contributed by atoms with Gasteiger partial charge in [-0.3, -0.25) is 19.3 Å². The number of hydrogen-bond donors (Lipinski definition) is 2. The highest BCUT2D eigenvalue weighted by molar-refractivity contribution is 5.77. The summed E-state index contributed by atoms with van der Waals surface area (Å²) in [7, 11) is 0. The highest BCUT2D eigenvalue weighted by Gasteiger charge is 2.48. The largest absolute Gasteiger partial charge is 0.480 e. The molecule has 0 aromatic heterocycles. The molecule has 0 spiro atoms. The van der Waals surface area contributed by atoms with Crippen LogP contribution in [0.3, 0.4) is 0 Å². The summed E-state index contributed by atoms with van der Waals surface area (Å²) in [4.78, 5) is 51.3. The molecule has 1 aliphatic carbocycles. The predicted octanol–water partition coefficient (Wildman–Crippen LogP) is 2.53. The smallest absolute Gasteiger partial charge is 0.407 e. The molecule has 0 aromatic rings. The number of carboxylic acids is 1. The van der Waals surface area contributed by atoms with Crippen LogP contribution < -0.4 is 5.32 Å². The van der Waals surface area contributed by atoms with Crippen molar-refractivity contribution in [2.45, 2.75) is 58.9 Å². The second-order valence-electron chi connectivity index (χ2n) is 10.1. The molecule has 4 atom stereocenters. The summed E-state index contributed by atoms with van der Waals surface area (Å²) in [6.07, 6.45) is 5.83. The fourth-order valence-corrected chi connectivity index (χ4v) is 4.93. The number of nitrogens with zero attached hydrogens (tertiary/aromatic N) is 2. The molecule has 0 radical (unpaired) electrons. The van der Waals surface area contributed by atoms with Gasteiger partial charge in [0.25, 0.3) is 0 Å². The van der Waals surface area contributed by atoms with Crippen molar-refractivity contribution in [2.75, 3.05) is 45.9 Å². The van der Waals surface area contributed by atoms with E-state index < -0.39 is 18.1 Å². The van der Waals surface area contributed by atoms with Gasteiger partial charge >= 0.3 is 18.0 Å². The maximum absolute atomic E-state index is 12.7. The Hall–Kier alpha value is -2.62. The molecule has 204 valence electrons. The Labute approximate surface area is 214 Å². The number of carboxylic acid groups (broad SMARTS) is 1. The van der Waals surface area contributed by atoms with Crippen molar-refractivity contribution in [1.82, 2.24) is 15.1 Å². The summed E-state index contributed by atoms with van der Waals surface area (Å²) in [6, 6.07) is -0.400. The van der Waals surface area contributed by atoms with Crippen LogP contribution in [-0.4, -0.2) is 90.8 Å². The van der Waals surface area contributed by atoms with Crippen molar-refractivity contribution < 1.29 is 33.8 Å². The monoisotopic (exact) mass is 509 g/mol. The van der Waals surface area contributed by atoms with Crippen LogP contribution >= 0.6 is 0 Å². The Morgan fingerprint density at radius 1 is 1.08 bits per heavy atom. The highest BCUT2D eigenvalue weighted by atomic mass is 16.5. The third-order valence-electron chi connectivity index (χ3n) is 7.04. The van der Waals surface area contributed by atoms with Crippen molar-refractivity contribution in [3.8, 4) is 0 Å². The van der Waals surface area contributed by atoms with E-state index in [1.165, 1.54) is 0 Å². The van der Waals surface area contributed by atoms with Crippen LogP contribution in [0.25, 0.3) is 0 Å². The molecule has 1 unspecified atom stereocenters. The van der Waals surface area contributed by atoms with Crippen molar-refractivity contribution in [2.24, 2.45) is 23.7 Å². The lowest BCUT2D eigenvalue weighted by Crippen LogP contribution is -2.57. The van der Waals surface area contributed by atoms with Gasteiger partial charge in [-0.25, -0.2) is 4.79 Å². The van der Waals surface area contributed by atoms with E-state index in [4.69, 9.17) is 9.47 Å². The number of carbonyl (C=O) groups excluding carboxylic acids is 3. The number of amides is 2. The van der Waals surface area contributed by atoms with E-state index in [9.17, 15) is 24.3 Å². The lowest BCUT2D eigenvalue weighted by Gasteiger charge is -2.40. The van der Waals surface area contributed by atoms with Crippen LogP contribution in [0.2, 0.25) is 0 Å². The molecule has 36 heavy (non-hydrogen) atoms. The van der Waals surface area contributed by atoms with Gasteiger partial charge in [0.1, 0.15) is 6.61 Å². The number of aliphatic carboxylic acids is 1. The summed E-state index contributed by atoms with van der Waals surface area (Å²) in [5.41, 5.74) is 0. The number of allylic oxidation sites excluding steroid dienone is 1. The standard InChI is InChI=1S/C26H43N3O7/c1-5-7-9-21-20(8-6-2)22(21)17-36-26(34)27-11-10-23(30)29-13-12-28(15-24(31)32)19(14-29)16-35-25(33)18(3)4/h5,18-22H,1,6-17H2,2-4H3,(H,27,34)(H,31,32)/t19?,20-,21+,22-/m1/s1. The quantitative estimate of drug-likeness (QED) is 0.255. The molecule has 10 heteroatoms. The molecule has 0 bridgehead atoms. The van der Waals surface area contributed by atoms with E-state index in [0.29, 0.717) is 37.5 Å². The summed E-state index contributed by atoms with van der Waals surface area (Å²) in [5.74, 6) is -0.184. The van der Waals surface area contributed by atoms with Crippen LogP contribution in [0, 0.1) is 23.7 Å². The zero-order valence-electron chi connectivity index (χ0n) is 21.9. The first-order chi connectivity index (χ1) is 17.2. The number of ether oxygens (including phenoxy) is 2. The minimum atomic E-state index is -0.975. The van der Waals surface area contributed by atoms with E-state index in [0.717, 1.165) is 25.7 Å². The summed E-state index contributed by atoms with van der Waals surface area (Å²) < 4.78 is 10.7. The van der Waals surface area contributed by atoms with Gasteiger partial charge in [0.05, 0.1) is 25.1 Å². The van der Waals surface area contributed by atoms with Crippen LogP contribution in [0.15, 0.2) is 12.7 Å². The Balaban J connectivity index is 1.74. The predicted molar refractivity (Wildman–Crippen MR) is 134 cm³/mol. The molecule has 1 heterocycles. The van der Waals surface area contributed by atoms with Gasteiger partial charge in [-0.15, -0.1) is 6.58 Å². The third-order valence-corrected chi connectivity index (χ3v) is 7.04. The molecule has 2 fully saturated rings. The lowest BCUT2D eigenvalue weighted by atomic mass is 10.1. The fourth-order valence-electron chi connectivity index (χ4n) is 4.93. The molecule has 1 aliphatic heterocycles. The highest BCUT2D eigenvalue weighted by Crippen LogP contribution is 2.52. The average molecular weight is 510 g/mol. The van der Waals surface area contributed by atoms with Gasteiger partial charge in [0.2, 0.25) is 5.91 Å². The van der Waals surface area contributed by atoms with Gasteiger partial charge in [0.15, 0.2) is 0 Å². The van der Waals surface area contributed by atoms with Gasteiger partial charge in [-0.1, -0.05) is 39.7 Å². The first-order valence-electron chi connectivity index (χ1n) is 13.1. The first kappa shape index (κ1) is 29.6. The number of piperazine rings is 1. The number of hydrogen-bond acceptors (Lipinski definition) is 7. The topological polar surface area (TPSA) is 125 Å². The zero-order chi connectivity index (χ0) is 26.7. The van der Waals surface area contributed by atoms with E-state index in [2.05, 4.69) is 18.8 Å². The SMILES string of the molecule is C=CCC[C@H]1[C@@H](CCC)[C@H]1COC(=O)NCCC(=O)N1CCN(CC(=O)O)C(COC(=O)C(C)C)C1.